The van der Waals surface area contributed by atoms with Crippen molar-refractivity contribution in [1.82, 2.24) is 4.98 Å². The molecular formula is C42H43N7. The van der Waals surface area contributed by atoms with E-state index >= 15 is 0 Å². The molecule has 49 heavy (non-hydrogen) atoms. The monoisotopic (exact) mass is 645 g/mol. The first-order valence-corrected chi connectivity index (χ1v) is 16.4. The van der Waals surface area contributed by atoms with E-state index in [-0.39, 0.29) is 5.71 Å². The maximum atomic E-state index is 8.77. The van der Waals surface area contributed by atoms with Gasteiger partial charge in [0.25, 0.3) is 0 Å². The highest BCUT2D eigenvalue weighted by Gasteiger charge is 2.22. The number of nitrogens with zero attached hydrogens (tertiary/aromatic N) is 3. The quantitative estimate of drug-likeness (QED) is 0.0399. The summed E-state index contributed by atoms with van der Waals surface area (Å²) in [4.78, 5) is 9.23. The third kappa shape index (κ3) is 9.27. The van der Waals surface area contributed by atoms with E-state index in [4.69, 9.17) is 16.9 Å². The Labute approximate surface area is 290 Å². The van der Waals surface area contributed by atoms with Gasteiger partial charge in [-0.1, -0.05) is 91.9 Å². The average Bonchev–Trinajstić information content (AvgIpc) is 3.63. The van der Waals surface area contributed by atoms with Gasteiger partial charge in [-0.15, -0.1) is 5.73 Å². The molecule has 0 spiro atoms. The van der Waals surface area contributed by atoms with E-state index in [0.717, 1.165) is 71.9 Å². The third-order valence-electron chi connectivity index (χ3n) is 8.28. The van der Waals surface area contributed by atoms with Crippen molar-refractivity contribution in [2.45, 2.75) is 19.3 Å². The number of pyridine rings is 1. The van der Waals surface area contributed by atoms with Gasteiger partial charge >= 0.3 is 0 Å². The molecule has 3 aromatic carbocycles. The van der Waals surface area contributed by atoms with E-state index in [2.05, 4.69) is 93.3 Å². The summed E-state index contributed by atoms with van der Waals surface area (Å²) < 4.78 is 0. The summed E-state index contributed by atoms with van der Waals surface area (Å²) in [6.45, 7) is 10.6. The van der Waals surface area contributed by atoms with Gasteiger partial charge in [0, 0.05) is 41.2 Å². The molecule has 246 valence electrons. The Morgan fingerprint density at radius 1 is 0.959 bits per heavy atom. The highest BCUT2D eigenvalue weighted by atomic mass is 15.4. The molecule has 1 aromatic heterocycles. The van der Waals surface area contributed by atoms with E-state index in [1.165, 1.54) is 5.56 Å². The molecule has 2 heterocycles. The molecule has 0 amide bonds. The van der Waals surface area contributed by atoms with E-state index in [1.54, 1.807) is 6.08 Å². The zero-order chi connectivity index (χ0) is 34.4. The Morgan fingerprint density at radius 3 is 2.47 bits per heavy atom. The maximum absolute atomic E-state index is 8.77. The van der Waals surface area contributed by atoms with Gasteiger partial charge in [-0.05, 0) is 79.3 Å². The molecular weight excluding hydrogens is 603 g/mol. The van der Waals surface area contributed by atoms with Crippen LogP contribution in [0.15, 0.2) is 134 Å². The number of nitrogens with one attached hydrogen (secondary N) is 2. The lowest BCUT2D eigenvalue weighted by Gasteiger charge is -2.22. The van der Waals surface area contributed by atoms with Crippen LogP contribution in [0.1, 0.15) is 34.2 Å². The molecule has 0 atom stereocenters. The fraction of sp³-hybridized carbons (Fsp3) is 0.167. The first-order chi connectivity index (χ1) is 24.0. The predicted octanol–water partition coefficient (Wildman–Crippen LogP) is 7.34. The molecule has 0 aliphatic carbocycles. The van der Waals surface area contributed by atoms with Crippen LogP contribution in [0.3, 0.4) is 0 Å². The number of hydrogen-bond acceptors (Lipinski definition) is 7. The first-order valence-electron chi connectivity index (χ1n) is 16.4. The van der Waals surface area contributed by atoms with Gasteiger partial charge < -0.3 is 26.6 Å². The van der Waals surface area contributed by atoms with Gasteiger partial charge in [0.1, 0.15) is 11.5 Å². The summed E-state index contributed by atoms with van der Waals surface area (Å²) in [5.74, 6) is 6.97. The molecule has 7 heteroatoms. The molecule has 0 bridgehead atoms. The maximum Gasteiger partial charge on any atom is 0.130 e. The van der Waals surface area contributed by atoms with Crippen LogP contribution in [0.2, 0.25) is 0 Å². The van der Waals surface area contributed by atoms with E-state index in [9.17, 15) is 0 Å². The minimum Gasteiger partial charge on any atom is -0.398 e. The minimum atomic E-state index is 0.192. The molecule has 5 rings (SSSR count). The lowest BCUT2D eigenvalue weighted by atomic mass is 10.0. The highest BCUT2D eigenvalue weighted by molar-refractivity contribution is 6.14. The second-order valence-electron chi connectivity index (χ2n) is 11.6. The molecule has 6 N–H and O–H groups in total. The fourth-order valence-corrected chi connectivity index (χ4v) is 5.54. The van der Waals surface area contributed by atoms with Crippen LogP contribution in [0, 0.1) is 17.3 Å². The summed E-state index contributed by atoms with van der Waals surface area (Å²) >= 11 is 0. The summed E-state index contributed by atoms with van der Waals surface area (Å²) in [5, 5.41) is 12.1. The lowest BCUT2D eigenvalue weighted by molar-refractivity contribution is 0.832. The van der Waals surface area contributed by atoms with Gasteiger partial charge in [0.05, 0.1) is 24.2 Å². The van der Waals surface area contributed by atoms with E-state index in [1.807, 2.05) is 66.9 Å². The molecule has 0 radical (unpaired) electrons. The smallest absolute Gasteiger partial charge is 0.130 e. The molecule has 0 unspecified atom stereocenters. The summed E-state index contributed by atoms with van der Waals surface area (Å²) in [6.07, 6.45) is 14.2. The third-order valence-corrected chi connectivity index (χ3v) is 8.28. The molecule has 1 saturated heterocycles. The first kappa shape index (κ1) is 34.3. The van der Waals surface area contributed by atoms with Crippen LogP contribution < -0.4 is 26.6 Å². The lowest BCUT2D eigenvalue weighted by Crippen LogP contribution is -2.25. The molecule has 0 saturated carbocycles. The van der Waals surface area contributed by atoms with Crippen molar-refractivity contribution in [2.75, 3.05) is 47.2 Å². The van der Waals surface area contributed by atoms with Crippen LogP contribution in [0.5, 0.6) is 0 Å². The Kier molecular flexibility index (Phi) is 12.0. The molecule has 1 aliphatic heterocycles. The number of nitrogens with two attached hydrogens (primary N) is 2. The number of rotatable bonds is 13. The predicted molar refractivity (Wildman–Crippen MR) is 207 cm³/mol. The zero-order valence-corrected chi connectivity index (χ0v) is 27.8. The second kappa shape index (κ2) is 17.2. The zero-order valence-electron chi connectivity index (χ0n) is 27.8. The number of benzene rings is 3. The number of hydrogen-bond donors (Lipinski definition) is 4. The van der Waals surface area contributed by atoms with Gasteiger partial charge in [-0.3, -0.25) is 5.41 Å². The van der Waals surface area contributed by atoms with Crippen LogP contribution in [-0.2, 0) is 12.8 Å². The highest BCUT2D eigenvalue weighted by Crippen LogP contribution is 2.27. The average molecular weight is 646 g/mol. The van der Waals surface area contributed by atoms with Crippen molar-refractivity contribution >= 4 is 34.3 Å². The number of anilines is 4. The Morgan fingerprint density at radius 2 is 1.73 bits per heavy atom. The number of aryl methyl sites for hydroxylation is 1. The van der Waals surface area contributed by atoms with Crippen molar-refractivity contribution in [1.29, 1.82) is 5.41 Å². The van der Waals surface area contributed by atoms with E-state index < -0.39 is 0 Å². The van der Waals surface area contributed by atoms with Crippen molar-refractivity contribution in [3.05, 3.63) is 162 Å². The second-order valence-corrected chi connectivity index (χ2v) is 11.6. The van der Waals surface area contributed by atoms with Crippen LogP contribution in [0.25, 0.3) is 5.70 Å². The summed E-state index contributed by atoms with van der Waals surface area (Å²) in [5.41, 5.74) is 23.4. The van der Waals surface area contributed by atoms with Gasteiger partial charge in [-0.2, -0.15) is 0 Å². The Balaban J connectivity index is 1.22. The Bertz CT molecular complexity index is 1940. The van der Waals surface area contributed by atoms with Crippen LogP contribution in [0.4, 0.5) is 22.9 Å². The molecule has 7 nitrogen and oxygen atoms in total. The van der Waals surface area contributed by atoms with Crippen LogP contribution >= 0.6 is 0 Å². The van der Waals surface area contributed by atoms with Crippen molar-refractivity contribution in [3.63, 3.8) is 0 Å². The summed E-state index contributed by atoms with van der Waals surface area (Å²) in [6, 6.07) is 26.3. The number of nitrogen functional groups attached to an aromatic ring is 1. The fourth-order valence-electron chi connectivity index (χ4n) is 5.54. The molecule has 1 fully saturated rings. The van der Waals surface area contributed by atoms with Gasteiger partial charge in [0.2, 0.25) is 0 Å². The number of aromatic nitrogens is 1. The molecule has 4 aromatic rings. The van der Waals surface area contributed by atoms with Gasteiger partial charge in [-0.25, -0.2) is 4.98 Å². The minimum absolute atomic E-state index is 0.192. The largest absolute Gasteiger partial charge is 0.398 e. The molecule has 1 aliphatic rings. The standard InChI is InChI=1S/C42H43N7/c1-3-5-6-7-8-13-33-14-9-10-15-34(33)20-23-39(44)38-29-36(21-24-40(38)45)48-27-28-49(31-48)37-22-25-42(46-30-37)47-41(4-2)35-18-16-32(17-19-35)12-11-26-43/h3,5-10,14-19,21-22,24-25,29-30,44H,1-2,11-13,26-28,31,43,45H2,(H,46,47)/b6-5-,8-7-,44-39?. The normalized spacial score (nSPS) is 12.5. The van der Waals surface area contributed by atoms with Crippen molar-refractivity contribution in [3.8, 4) is 11.8 Å². The van der Waals surface area contributed by atoms with Crippen molar-refractivity contribution < 1.29 is 0 Å². The number of allylic oxidation sites excluding steroid dienone is 5. The Hall–Kier alpha value is -6.06. The van der Waals surface area contributed by atoms with Crippen molar-refractivity contribution in [2.24, 2.45) is 5.73 Å². The van der Waals surface area contributed by atoms with Crippen LogP contribution in [-0.4, -0.2) is 37.0 Å². The summed E-state index contributed by atoms with van der Waals surface area (Å²) in [7, 11) is 0. The van der Waals surface area contributed by atoms with E-state index in [0.29, 0.717) is 24.5 Å². The van der Waals surface area contributed by atoms with Gasteiger partial charge in [0.15, 0.2) is 0 Å². The topological polar surface area (TPSA) is 107 Å². The SMILES string of the molecule is C=C=C(Nc1ccc(N2CCN(c3ccc(N)c(C(=N)C#Cc4ccccc4C/C=C\C=C/C=C)c3)C2)cn1)c1ccc(CCCN)cc1.